The molecule has 2 rings (SSSR count). The Bertz CT molecular complexity index is 177. The van der Waals surface area contributed by atoms with Crippen LogP contribution < -0.4 is 0 Å². The Morgan fingerprint density at radius 2 is 2.17 bits per heavy atom. The fraction of sp³-hybridized carbons (Fsp3) is 0.750. The van der Waals surface area contributed by atoms with E-state index in [9.17, 15) is 4.79 Å². The van der Waals surface area contributed by atoms with Gasteiger partial charge in [-0.3, -0.25) is 9.63 Å². The van der Waals surface area contributed by atoms with Gasteiger partial charge in [-0.05, 0) is 12.8 Å². The van der Waals surface area contributed by atoms with E-state index in [-0.39, 0.29) is 11.9 Å². The van der Waals surface area contributed by atoms with Crippen molar-refractivity contribution >= 4 is 5.91 Å². The zero-order chi connectivity index (χ0) is 8.39. The summed E-state index contributed by atoms with van der Waals surface area (Å²) in [4.78, 5) is 16.4. The van der Waals surface area contributed by atoms with E-state index >= 15 is 0 Å². The van der Waals surface area contributed by atoms with E-state index in [0.717, 1.165) is 26.1 Å². The summed E-state index contributed by atoms with van der Waals surface area (Å²) in [5, 5.41) is 1.49. The molecular weight excluding hydrogens is 158 g/mol. The molecule has 67 valence electrons. The molecule has 1 amide bonds. The molecule has 0 unspecified atom stereocenters. The lowest BCUT2D eigenvalue weighted by Crippen LogP contribution is -2.39. The molecule has 0 spiro atoms. The molecule has 0 bridgehead atoms. The SMILES string of the molecule is O=C1[CH]CON1C1CCOCC1. The summed E-state index contributed by atoms with van der Waals surface area (Å²) < 4.78 is 5.19. The van der Waals surface area contributed by atoms with Crippen molar-refractivity contribution in [1.29, 1.82) is 0 Å². The highest BCUT2D eigenvalue weighted by Crippen LogP contribution is 2.18. The molecule has 2 saturated heterocycles. The molecule has 12 heavy (non-hydrogen) atoms. The molecule has 2 fully saturated rings. The van der Waals surface area contributed by atoms with Crippen LogP contribution in [0.3, 0.4) is 0 Å². The minimum absolute atomic E-state index is 0.00176. The predicted octanol–water partition coefficient (Wildman–Crippen LogP) is 0.143. The van der Waals surface area contributed by atoms with Crippen LogP contribution in [0.2, 0.25) is 0 Å². The van der Waals surface area contributed by atoms with Crippen molar-refractivity contribution in [3.8, 4) is 0 Å². The third-order valence-corrected chi connectivity index (χ3v) is 2.21. The van der Waals surface area contributed by atoms with Crippen LogP contribution >= 0.6 is 0 Å². The summed E-state index contributed by atoms with van der Waals surface area (Å²) in [5.74, 6) is 0.00176. The largest absolute Gasteiger partial charge is 0.381 e. The Morgan fingerprint density at radius 1 is 1.42 bits per heavy atom. The van der Waals surface area contributed by atoms with Gasteiger partial charge in [-0.25, -0.2) is 5.06 Å². The van der Waals surface area contributed by atoms with Gasteiger partial charge in [0.2, 0.25) is 0 Å². The number of hydrogen-bond donors (Lipinski definition) is 0. The quantitative estimate of drug-likeness (QED) is 0.562. The number of hydroxylamine groups is 2. The molecule has 0 saturated carbocycles. The van der Waals surface area contributed by atoms with Crippen molar-refractivity contribution in [2.45, 2.75) is 18.9 Å². The average molecular weight is 170 g/mol. The van der Waals surface area contributed by atoms with Gasteiger partial charge in [-0.2, -0.15) is 0 Å². The lowest BCUT2D eigenvalue weighted by Gasteiger charge is -2.28. The van der Waals surface area contributed by atoms with Crippen LogP contribution in [-0.4, -0.2) is 36.8 Å². The molecule has 2 aliphatic rings. The number of carbonyl (C=O) groups is 1. The number of carbonyl (C=O) groups excluding carboxylic acids is 1. The zero-order valence-corrected chi connectivity index (χ0v) is 6.86. The Balaban J connectivity index is 1.93. The minimum Gasteiger partial charge on any atom is -0.381 e. The molecular formula is C8H12NO3. The van der Waals surface area contributed by atoms with Crippen molar-refractivity contribution in [2.24, 2.45) is 0 Å². The average Bonchev–Trinajstić information content (AvgIpc) is 2.53. The number of ether oxygens (including phenoxy) is 1. The van der Waals surface area contributed by atoms with Gasteiger partial charge in [0.05, 0.1) is 19.1 Å². The monoisotopic (exact) mass is 170 g/mol. The topological polar surface area (TPSA) is 38.8 Å². The third kappa shape index (κ3) is 1.44. The number of hydrogen-bond acceptors (Lipinski definition) is 3. The summed E-state index contributed by atoms with van der Waals surface area (Å²) in [6.07, 6.45) is 3.34. The Hall–Kier alpha value is -0.610. The van der Waals surface area contributed by atoms with Crippen LogP contribution in [0.5, 0.6) is 0 Å². The van der Waals surface area contributed by atoms with Crippen LogP contribution in [0.1, 0.15) is 12.8 Å². The maximum atomic E-state index is 11.2. The number of nitrogens with zero attached hydrogens (tertiary/aromatic N) is 1. The van der Waals surface area contributed by atoms with Crippen molar-refractivity contribution in [2.75, 3.05) is 19.8 Å². The fourth-order valence-corrected chi connectivity index (χ4v) is 1.55. The van der Waals surface area contributed by atoms with Gasteiger partial charge in [0.1, 0.15) is 0 Å². The fourth-order valence-electron chi connectivity index (χ4n) is 1.55. The van der Waals surface area contributed by atoms with Crippen LogP contribution in [0.15, 0.2) is 0 Å². The molecule has 2 aliphatic heterocycles. The highest BCUT2D eigenvalue weighted by Gasteiger charge is 2.30. The predicted molar refractivity (Wildman–Crippen MR) is 40.9 cm³/mol. The van der Waals surface area contributed by atoms with E-state index in [4.69, 9.17) is 9.57 Å². The lowest BCUT2D eigenvalue weighted by molar-refractivity contribution is -0.181. The molecule has 0 aromatic rings. The van der Waals surface area contributed by atoms with E-state index in [2.05, 4.69) is 0 Å². The maximum absolute atomic E-state index is 11.2. The second kappa shape index (κ2) is 3.41. The number of amides is 1. The van der Waals surface area contributed by atoms with Gasteiger partial charge >= 0.3 is 0 Å². The van der Waals surface area contributed by atoms with Gasteiger partial charge in [0, 0.05) is 13.2 Å². The molecule has 0 atom stereocenters. The molecule has 1 radical (unpaired) electrons. The summed E-state index contributed by atoms with van der Waals surface area (Å²) in [5.41, 5.74) is 0. The third-order valence-electron chi connectivity index (χ3n) is 2.21. The highest BCUT2D eigenvalue weighted by atomic mass is 16.7. The van der Waals surface area contributed by atoms with Crippen LogP contribution in [0.25, 0.3) is 0 Å². The summed E-state index contributed by atoms with van der Waals surface area (Å²) in [7, 11) is 0. The van der Waals surface area contributed by atoms with Gasteiger partial charge in [0.15, 0.2) is 0 Å². The van der Waals surface area contributed by atoms with Gasteiger partial charge in [-0.15, -0.1) is 0 Å². The van der Waals surface area contributed by atoms with Crippen molar-refractivity contribution in [3.05, 3.63) is 6.42 Å². The molecule has 4 nitrogen and oxygen atoms in total. The second-order valence-corrected chi connectivity index (χ2v) is 3.01. The van der Waals surface area contributed by atoms with E-state index in [1.165, 1.54) is 5.06 Å². The first kappa shape index (κ1) is 8.01. The second-order valence-electron chi connectivity index (χ2n) is 3.01. The van der Waals surface area contributed by atoms with Crippen LogP contribution in [0.4, 0.5) is 0 Å². The van der Waals surface area contributed by atoms with Crippen LogP contribution in [-0.2, 0) is 14.4 Å². The molecule has 0 N–H and O–H groups in total. The summed E-state index contributed by atoms with van der Waals surface area (Å²) in [6.45, 7) is 1.89. The zero-order valence-electron chi connectivity index (χ0n) is 6.86. The molecule has 0 aliphatic carbocycles. The standard InChI is InChI=1S/C8H12NO3/c10-8-3-6-12-9(8)7-1-4-11-5-2-7/h3,7H,1-2,4-6H2. The van der Waals surface area contributed by atoms with Gasteiger partial charge in [0.25, 0.3) is 5.91 Å². The molecule has 0 aromatic heterocycles. The van der Waals surface area contributed by atoms with Gasteiger partial charge in [-0.1, -0.05) is 0 Å². The normalized spacial score (nSPS) is 26.7. The highest BCUT2D eigenvalue weighted by molar-refractivity contribution is 5.85. The smallest absolute Gasteiger partial charge is 0.252 e. The van der Waals surface area contributed by atoms with Gasteiger partial charge < -0.3 is 4.74 Å². The minimum atomic E-state index is 0.00176. The van der Waals surface area contributed by atoms with Crippen molar-refractivity contribution < 1.29 is 14.4 Å². The molecule has 2 heterocycles. The summed E-state index contributed by atoms with van der Waals surface area (Å²) >= 11 is 0. The lowest BCUT2D eigenvalue weighted by atomic mass is 10.1. The maximum Gasteiger partial charge on any atom is 0.252 e. The van der Waals surface area contributed by atoms with Crippen molar-refractivity contribution in [3.63, 3.8) is 0 Å². The van der Waals surface area contributed by atoms with E-state index in [0.29, 0.717) is 6.61 Å². The first-order valence-electron chi connectivity index (χ1n) is 4.25. The Kier molecular flexibility index (Phi) is 2.28. The van der Waals surface area contributed by atoms with E-state index in [1.807, 2.05) is 0 Å². The molecule has 4 heteroatoms. The first-order chi connectivity index (χ1) is 5.88. The van der Waals surface area contributed by atoms with Crippen molar-refractivity contribution in [1.82, 2.24) is 5.06 Å². The number of rotatable bonds is 1. The molecule has 0 aromatic carbocycles. The Morgan fingerprint density at radius 3 is 2.75 bits per heavy atom. The van der Waals surface area contributed by atoms with E-state index in [1.54, 1.807) is 6.42 Å². The first-order valence-corrected chi connectivity index (χ1v) is 4.25. The Labute approximate surface area is 71.4 Å². The summed E-state index contributed by atoms with van der Waals surface area (Å²) in [6, 6.07) is 0.227. The van der Waals surface area contributed by atoms with Crippen LogP contribution in [0, 0.1) is 6.42 Å². The van der Waals surface area contributed by atoms with E-state index < -0.39 is 0 Å².